The van der Waals surface area contributed by atoms with Gasteiger partial charge in [0.15, 0.2) is 5.65 Å². The van der Waals surface area contributed by atoms with Gasteiger partial charge in [0.25, 0.3) is 5.91 Å². The average Bonchev–Trinajstić information content (AvgIpc) is 3.35. The van der Waals surface area contributed by atoms with Crippen molar-refractivity contribution in [1.29, 1.82) is 0 Å². The number of amides is 1. The molecular formula is C30H35N5O2. The monoisotopic (exact) mass is 497 g/mol. The number of likely N-dealkylation sites (tertiary alicyclic amines) is 1. The number of piperidine rings is 1. The minimum Gasteiger partial charge on any atom is -0.496 e. The largest absolute Gasteiger partial charge is 0.496 e. The lowest BCUT2D eigenvalue weighted by molar-refractivity contribution is 0.0901. The van der Waals surface area contributed by atoms with Crippen LogP contribution < -0.4 is 10.1 Å². The van der Waals surface area contributed by atoms with E-state index >= 15 is 0 Å². The molecule has 0 bridgehead atoms. The van der Waals surface area contributed by atoms with Gasteiger partial charge in [0, 0.05) is 42.7 Å². The molecular weight excluding hydrogens is 462 g/mol. The van der Waals surface area contributed by atoms with Gasteiger partial charge < -0.3 is 10.1 Å². The number of methoxy groups -OCH3 is 1. The standard InChI is InChI=1S/C30H35N5O2/c1-30(2,3)27-19-28-32-24(23-12-8-9-13-26(23)37-4)18-25(35(28)33-27)29(36)31-22-14-16-34(17-15-22)20-21-10-6-5-7-11-21/h5-13,18-19,22H,14-17,20H2,1-4H3,(H,31,36). The van der Waals surface area contributed by atoms with E-state index < -0.39 is 0 Å². The van der Waals surface area contributed by atoms with E-state index in [2.05, 4.69) is 55.3 Å². The molecule has 0 unspecified atom stereocenters. The molecule has 1 fully saturated rings. The first-order chi connectivity index (χ1) is 17.8. The second-order valence-electron chi connectivity index (χ2n) is 10.8. The molecule has 1 N–H and O–H groups in total. The van der Waals surface area contributed by atoms with Crippen LogP contribution in [0.1, 0.15) is 55.4 Å². The van der Waals surface area contributed by atoms with Gasteiger partial charge in [-0.1, -0.05) is 63.2 Å². The number of aromatic nitrogens is 3. The smallest absolute Gasteiger partial charge is 0.270 e. The van der Waals surface area contributed by atoms with Crippen molar-refractivity contribution in [2.45, 2.75) is 51.6 Å². The number of nitrogens with one attached hydrogen (secondary N) is 1. The SMILES string of the molecule is COc1ccccc1-c1cc(C(=O)NC2CCN(Cc3ccccc3)CC2)n2nc(C(C)(C)C)cc2n1. The Bertz CT molecular complexity index is 1380. The molecule has 0 saturated carbocycles. The van der Waals surface area contributed by atoms with E-state index in [0.29, 0.717) is 22.8 Å². The highest BCUT2D eigenvalue weighted by Crippen LogP contribution is 2.30. The van der Waals surface area contributed by atoms with Gasteiger partial charge in [0.05, 0.1) is 18.5 Å². The van der Waals surface area contributed by atoms with Crippen LogP contribution in [0, 0.1) is 0 Å². The summed E-state index contributed by atoms with van der Waals surface area (Å²) in [4.78, 5) is 21.0. The van der Waals surface area contributed by atoms with Crippen molar-refractivity contribution in [3.05, 3.63) is 83.7 Å². The molecule has 0 aliphatic carbocycles. The van der Waals surface area contributed by atoms with Crippen LogP contribution in [0.5, 0.6) is 5.75 Å². The van der Waals surface area contributed by atoms with E-state index in [0.717, 1.165) is 43.7 Å². The average molecular weight is 498 g/mol. The van der Waals surface area contributed by atoms with Gasteiger partial charge in [-0.2, -0.15) is 5.10 Å². The molecule has 1 aliphatic heterocycles. The summed E-state index contributed by atoms with van der Waals surface area (Å²) >= 11 is 0. The molecule has 192 valence electrons. The summed E-state index contributed by atoms with van der Waals surface area (Å²) in [6.07, 6.45) is 1.83. The number of hydrogen-bond acceptors (Lipinski definition) is 5. The predicted octanol–water partition coefficient (Wildman–Crippen LogP) is 5.10. The zero-order chi connectivity index (χ0) is 26.0. The number of carbonyl (C=O) groups is 1. The molecule has 37 heavy (non-hydrogen) atoms. The van der Waals surface area contributed by atoms with E-state index in [1.807, 2.05) is 42.5 Å². The first kappa shape index (κ1) is 25.0. The fraction of sp³-hybridized carbons (Fsp3) is 0.367. The number of rotatable bonds is 6. The van der Waals surface area contributed by atoms with E-state index in [4.69, 9.17) is 14.8 Å². The van der Waals surface area contributed by atoms with Crippen molar-refractivity contribution < 1.29 is 9.53 Å². The van der Waals surface area contributed by atoms with Gasteiger partial charge in [0.1, 0.15) is 11.4 Å². The number of benzene rings is 2. The lowest BCUT2D eigenvalue weighted by Crippen LogP contribution is -2.44. The molecule has 1 saturated heterocycles. The van der Waals surface area contributed by atoms with Gasteiger partial charge in [-0.05, 0) is 36.6 Å². The Balaban J connectivity index is 1.40. The van der Waals surface area contributed by atoms with Crippen molar-refractivity contribution in [3.63, 3.8) is 0 Å². The molecule has 2 aromatic carbocycles. The van der Waals surface area contributed by atoms with Crippen molar-refractivity contribution >= 4 is 11.6 Å². The Labute approximate surface area is 218 Å². The summed E-state index contributed by atoms with van der Waals surface area (Å²) in [5.74, 6) is 0.584. The maximum Gasteiger partial charge on any atom is 0.270 e. The molecule has 0 atom stereocenters. The van der Waals surface area contributed by atoms with E-state index in [9.17, 15) is 4.79 Å². The molecule has 1 amide bonds. The Morgan fingerprint density at radius 1 is 1.03 bits per heavy atom. The van der Waals surface area contributed by atoms with Gasteiger partial charge in [-0.25, -0.2) is 9.50 Å². The van der Waals surface area contributed by atoms with Gasteiger partial charge >= 0.3 is 0 Å². The van der Waals surface area contributed by atoms with Crippen LogP contribution in [-0.2, 0) is 12.0 Å². The van der Waals surface area contributed by atoms with Crippen LogP contribution in [0.2, 0.25) is 0 Å². The second-order valence-corrected chi connectivity index (χ2v) is 10.8. The Kier molecular flexibility index (Phi) is 6.98. The third-order valence-corrected chi connectivity index (χ3v) is 6.98. The van der Waals surface area contributed by atoms with Gasteiger partial charge in [0.2, 0.25) is 0 Å². The summed E-state index contributed by atoms with van der Waals surface area (Å²) in [5.41, 5.74) is 4.70. The lowest BCUT2D eigenvalue weighted by atomic mass is 9.93. The topological polar surface area (TPSA) is 71.8 Å². The molecule has 2 aromatic heterocycles. The molecule has 5 rings (SSSR count). The highest BCUT2D eigenvalue weighted by molar-refractivity contribution is 5.94. The Morgan fingerprint density at radius 3 is 2.43 bits per heavy atom. The number of para-hydroxylation sites is 1. The van der Waals surface area contributed by atoms with Crippen LogP contribution in [0.25, 0.3) is 16.9 Å². The van der Waals surface area contributed by atoms with Crippen molar-refractivity contribution in [3.8, 4) is 17.0 Å². The van der Waals surface area contributed by atoms with Crippen molar-refractivity contribution in [1.82, 2.24) is 24.8 Å². The Morgan fingerprint density at radius 2 is 1.73 bits per heavy atom. The van der Waals surface area contributed by atoms with Crippen molar-refractivity contribution in [2.75, 3.05) is 20.2 Å². The lowest BCUT2D eigenvalue weighted by Gasteiger charge is -2.32. The number of fused-ring (bicyclic) bond motifs is 1. The molecule has 7 nitrogen and oxygen atoms in total. The number of ether oxygens (including phenoxy) is 1. The maximum absolute atomic E-state index is 13.7. The summed E-state index contributed by atoms with van der Waals surface area (Å²) in [5, 5.41) is 8.07. The molecule has 1 aliphatic rings. The summed E-state index contributed by atoms with van der Waals surface area (Å²) in [7, 11) is 1.64. The van der Waals surface area contributed by atoms with E-state index in [1.54, 1.807) is 11.6 Å². The predicted molar refractivity (Wildman–Crippen MR) is 146 cm³/mol. The first-order valence-corrected chi connectivity index (χ1v) is 12.9. The normalized spacial score (nSPS) is 15.1. The zero-order valence-electron chi connectivity index (χ0n) is 22.1. The van der Waals surface area contributed by atoms with Crippen LogP contribution in [-0.4, -0.2) is 51.6 Å². The zero-order valence-corrected chi connectivity index (χ0v) is 22.1. The third kappa shape index (κ3) is 5.52. The number of nitrogens with zero attached hydrogens (tertiary/aromatic N) is 4. The molecule has 0 spiro atoms. The van der Waals surface area contributed by atoms with Crippen LogP contribution >= 0.6 is 0 Å². The summed E-state index contributed by atoms with van der Waals surface area (Å²) in [6, 6.07) is 22.2. The molecule has 7 heteroatoms. The highest BCUT2D eigenvalue weighted by Gasteiger charge is 2.25. The maximum atomic E-state index is 13.7. The molecule has 4 aromatic rings. The van der Waals surface area contributed by atoms with Crippen LogP contribution in [0.15, 0.2) is 66.7 Å². The number of carbonyl (C=O) groups excluding carboxylic acids is 1. The van der Waals surface area contributed by atoms with Crippen molar-refractivity contribution in [2.24, 2.45) is 0 Å². The van der Waals surface area contributed by atoms with Gasteiger partial charge in [-0.15, -0.1) is 0 Å². The number of hydrogen-bond donors (Lipinski definition) is 1. The minimum absolute atomic E-state index is 0.120. The third-order valence-electron chi connectivity index (χ3n) is 6.98. The highest BCUT2D eigenvalue weighted by atomic mass is 16.5. The first-order valence-electron chi connectivity index (χ1n) is 12.9. The minimum atomic E-state index is -0.169. The second kappa shape index (κ2) is 10.3. The summed E-state index contributed by atoms with van der Waals surface area (Å²) in [6.45, 7) is 9.18. The summed E-state index contributed by atoms with van der Waals surface area (Å²) < 4.78 is 7.26. The fourth-order valence-electron chi connectivity index (χ4n) is 4.83. The fourth-order valence-corrected chi connectivity index (χ4v) is 4.83. The van der Waals surface area contributed by atoms with Gasteiger partial charge in [-0.3, -0.25) is 9.69 Å². The van der Waals surface area contributed by atoms with E-state index in [-0.39, 0.29) is 17.4 Å². The van der Waals surface area contributed by atoms with E-state index in [1.165, 1.54) is 5.56 Å². The van der Waals surface area contributed by atoms with Crippen LogP contribution in [0.4, 0.5) is 0 Å². The molecule has 0 radical (unpaired) electrons. The quantitative estimate of drug-likeness (QED) is 0.401. The Hall–Kier alpha value is -3.71. The molecule has 3 heterocycles. The van der Waals surface area contributed by atoms with Crippen LogP contribution in [0.3, 0.4) is 0 Å².